The number of aliphatic imine (C=N–C) groups is 1. The molecule has 1 heterocycles. The molecule has 2 unspecified atom stereocenters. The first-order valence-electron chi connectivity index (χ1n) is 10.2. The molecule has 0 saturated carbocycles. The number of aliphatic hydroxyl groups is 1. The van der Waals surface area contributed by atoms with Crippen LogP contribution in [0.1, 0.15) is 97.3 Å². The molecule has 2 atom stereocenters. The van der Waals surface area contributed by atoms with Crippen LogP contribution in [-0.4, -0.2) is 30.1 Å². The number of aliphatic hydroxyl groups excluding tert-OH is 1. The van der Waals surface area contributed by atoms with E-state index in [1.807, 2.05) is 6.92 Å². The van der Waals surface area contributed by atoms with Gasteiger partial charge < -0.3 is 10.4 Å². The van der Waals surface area contributed by atoms with E-state index in [-0.39, 0.29) is 6.10 Å². The van der Waals surface area contributed by atoms with Gasteiger partial charge in [-0.25, -0.2) is 0 Å². The van der Waals surface area contributed by atoms with E-state index < -0.39 is 0 Å². The molecule has 0 aromatic rings. The average Bonchev–Trinajstić information content (AvgIpc) is 3.06. The van der Waals surface area contributed by atoms with Crippen LogP contribution >= 0.6 is 0 Å². The molecule has 0 amide bonds. The summed E-state index contributed by atoms with van der Waals surface area (Å²) in [6, 6.07) is 0. The lowest BCUT2D eigenvalue weighted by atomic mass is 9.93. The van der Waals surface area contributed by atoms with Crippen LogP contribution in [0, 0.1) is 5.92 Å². The zero-order chi connectivity index (χ0) is 16.8. The topological polar surface area (TPSA) is 44.6 Å². The van der Waals surface area contributed by atoms with E-state index in [4.69, 9.17) is 0 Å². The van der Waals surface area contributed by atoms with Crippen LogP contribution in [0.3, 0.4) is 0 Å². The fourth-order valence-electron chi connectivity index (χ4n) is 3.43. The van der Waals surface area contributed by atoms with Crippen LogP contribution < -0.4 is 5.32 Å². The maximum absolute atomic E-state index is 9.53. The van der Waals surface area contributed by atoms with Crippen LogP contribution in [0.4, 0.5) is 0 Å². The van der Waals surface area contributed by atoms with Gasteiger partial charge in [-0.2, -0.15) is 0 Å². The van der Waals surface area contributed by atoms with Gasteiger partial charge in [0.1, 0.15) is 0 Å². The Balaban J connectivity index is 2.03. The summed E-state index contributed by atoms with van der Waals surface area (Å²) in [5.74, 6) is 1.75. The second-order valence-electron chi connectivity index (χ2n) is 7.29. The Hall–Kier alpha value is -0.570. The van der Waals surface area contributed by atoms with E-state index in [9.17, 15) is 5.11 Å². The van der Waals surface area contributed by atoms with Crippen molar-refractivity contribution in [2.75, 3.05) is 13.1 Å². The first-order chi connectivity index (χ1) is 11.2. The zero-order valence-electron chi connectivity index (χ0n) is 15.7. The van der Waals surface area contributed by atoms with Gasteiger partial charge in [-0.05, 0) is 26.2 Å². The van der Waals surface area contributed by atoms with Gasteiger partial charge in [0.15, 0.2) is 0 Å². The summed E-state index contributed by atoms with van der Waals surface area (Å²) in [6.45, 7) is 6.10. The van der Waals surface area contributed by atoms with E-state index in [1.165, 1.54) is 76.5 Å². The minimum atomic E-state index is -0.188. The molecule has 0 aromatic carbocycles. The molecule has 136 valence electrons. The highest BCUT2D eigenvalue weighted by atomic mass is 16.3. The molecule has 0 bridgehead atoms. The van der Waals surface area contributed by atoms with Gasteiger partial charge in [-0.15, -0.1) is 0 Å². The SMILES string of the molecule is CCCCCCCCCCCCC(CCC(C)O)C1=NCCN1. The fraction of sp³-hybridized carbons (Fsp3) is 0.950. The molecule has 0 fully saturated rings. The summed E-state index contributed by atoms with van der Waals surface area (Å²) in [4.78, 5) is 4.60. The maximum Gasteiger partial charge on any atom is 0.0995 e. The second kappa shape index (κ2) is 13.8. The normalized spacial score (nSPS) is 16.9. The van der Waals surface area contributed by atoms with Crippen molar-refractivity contribution in [1.82, 2.24) is 5.32 Å². The number of nitrogens with one attached hydrogen (secondary N) is 1. The molecule has 0 saturated heterocycles. The number of unbranched alkanes of at least 4 members (excludes halogenated alkanes) is 9. The van der Waals surface area contributed by atoms with Crippen LogP contribution in [0.15, 0.2) is 4.99 Å². The summed E-state index contributed by atoms with van der Waals surface area (Å²) < 4.78 is 0. The molecule has 23 heavy (non-hydrogen) atoms. The Morgan fingerprint density at radius 2 is 1.52 bits per heavy atom. The van der Waals surface area contributed by atoms with Crippen molar-refractivity contribution in [3.05, 3.63) is 0 Å². The smallest absolute Gasteiger partial charge is 0.0995 e. The molecule has 3 heteroatoms. The number of amidine groups is 1. The predicted molar refractivity (Wildman–Crippen MR) is 101 cm³/mol. The van der Waals surface area contributed by atoms with Crippen molar-refractivity contribution in [2.45, 2.75) is 103 Å². The van der Waals surface area contributed by atoms with Gasteiger partial charge in [0.05, 0.1) is 18.5 Å². The lowest BCUT2D eigenvalue weighted by molar-refractivity contribution is 0.176. The fourth-order valence-corrected chi connectivity index (χ4v) is 3.43. The minimum absolute atomic E-state index is 0.188. The molecule has 0 aliphatic carbocycles. The monoisotopic (exact) mass is 324 g/mol. The van der Waals surface area contributed by atoms with Crippen molar-refractivity contribution < 1.29 is 5.11 Å². The Kier molecular flexibility index (Phi) is 12.3. The van der Waals surface area contributed by atoms with Crippen molar-refractivity contribution >= 4 is 5.84 Å². The lowest BCUT2D eigenvalue weighted by Crippen LogP contribution is -2.27. The molecular formula is C20H40N2O. The summed E-state index contributed by atoms with van der Waals surface area (Å²) in [7, 11) is 0. The average molecular weight is 325 g/mol. The standard InChI is InChI=1S/C20H40N2O/c1-3-4-5-6-7-8-9-10-11-12-13-19(15-14-18(2)23)20-21-16-17-22-20/h18-19,23H,3-17H2,1-2H3,(H,21,22). The highest BCUT2D eigenvalue weighted by Crippen LogP contribution is 2.20. The van der Waals surface area contributed by atoms with Gasteiger partial charge in [-0.3, -0.25) is 4.99 Å². The van der Waals surface area contributed by atoms with Crippen LogP contribution in [0.25, 0.3) is 0 Å². The van der Waals surface area contributed by atoms with Gasteiger partial charge in [0.25, 0.3) is 0 Å². The molecule has 1 aliphatic rings. The third kappa shape index (κ3) is 10.8. The summed E-state index contributed by atoms with van der Waals surface area (Å²) in [5, 5.41) is 13.0. The highest BCUT2D eigenvalue weighted by molar-refractivity contribution is 5.85. The van der Waals surface area contributed by atoms with Crippen LogP contribution in [-0.2, 0) is 0 Å². The molecule has 1 aliphatic heterocycles. The van der Waals surface area contributed by atoms with E-state index >= 15 is 0 Å². The largest absolute Gasteiger partial charge is 0.393 e. The molecule has 3 nitrogen and oxygen atoms in total. The Morgan fingerprint density at radius 3 is 2.04 bits per heavy atom. The van der Waals surface area contributed by atoms with Crippen molar-refractivity contribution in [3.63, 3.8) is 0 Å². The molecule has 1 rings (SSSR count). The van der Waals surface area contributed by atoms with Crippen molar-refractivity contribution in [2.24, 2.45) is 10.9 Å². The van der Waals surface area contributed by atoms with Crippen molar-refractivity contribution in [1.29, 1.82) is 0 Å². The van der Waals surface area contributed by atoms with Gasteiger partial charge >= 0.3 is 0 Å². The number of nitrogens with zero attached hydrogens (tertiary/aromatic N) is 1. The number of hydrogen-bond donors (Lipinski definition) is 2. The van der Waals surface area contributed by atoms with E-state index in [1.54, 1.807) is 0 Å². The van der Waals surface area contributed by atoms with E-state index in [0.717, 1.165) is 25.9 Å². The Bertz CT molecular complexity index is 302. The molecule has 0 spiro atoms. The van der Waals surface area contributed by atoms with E-state index in [2.05, 4.69) is 17.2 Å². The third-order valence-corrected chi connectivity index (χ3v) is 4.93. The first-order valence-corrected chi connectivity index (χ1v) is 10.2. The van der Waals surface area contributed by atoms with Gasteiger partial charge in [0, 0.05) is 12.5 Å². The minimum Gasteiger partial charge on any atom is -0.393 e. The first kappa shape index (κ1) is 20.5. The maximum atomic E-state index is 9.53. The lowest BCUT2D eigenvalue weighted by Gasteiger charge is -2.18. The van der Waals surface area contributed by atoms with Crippen LogP contribution in [0.2, 0.25) is 0 Å². The molecular weight excluding hydrogens is 284 g/mol. The molecule has 2 N–H and O–H groups in total. The zero-order valence-corrected chi connectivity index (χ0v) is 15.7. The summed E-state index contributed by atoms with van der Waals surface area (Å²) >= 11 is 0. The van der Waals surface area contributed by atoms with Gasteiger partial charge in [0.2, 0.25) is 0 Å². The number of rotatable bonds is 15. The predicted octanol–water partition coefficient (Wildman–Crippen LogP) is 5.08. The second-order valence-corrected chi connectivity index (χ2v) is 7.29. The highest BCUT2D eigenvalue weighted by Gasteiger charge is 2.18. The molecule has 0 aromatic heterocycles. The van der Waals surface area contributed by atoms with Crippen molar-refractivity contribution in [3.8, 4) is 0 Å². The third-order valence-electron chi connectivity index (χ3n) is 4.93. The Morgan fingerprint density at radius 1 is 0.913 bits per heavy atom. The summed E-state index contributed by atoms with van der Waals surface area (Å²) in [6.07, 6.45) is 16.9. The molecule has 0 radical (unpaired) electrons. The summed E-state index contributed by atoms with van der Waals surface area (Å²) in [5.41, 5.74) is 0. The van der Waals surface area contributed by atoms with Crippen LogP contribution in [0.5, 0.6) is 0 Å². The van der Waals surface area contributed by atoms with Gasteiger partial charge in [-0.1, -0.05) is 71.1 Å². The van der Waals surface area contributed by atoms with E-state index in [0.29, 0.717) is 5.92 Å². The number of hydrogen-bond acceptors (Lipinski definition) is 3. The quantitative estimate of drug-likeness (QED) is 0.413. The Labute approximate surface area is 144 Å².